The first-order valence-electron chi connectivity index (χ1n) is 9.02. The molecule has 0 saturated carbocycles. The van der Waals surface area contributed by atoms with Gasteiger partial charge in [-0.2, -0.15) is 0 Å². The van der Waals surface area contributed by atoms with Gasteiger partial charge in [0.1, 0.15) is 11.3 Å². The third-order valence-corrected chi connectivity index (χ3v) is 5.81. The second-order valence-corrected chi connectivity index (χ2v) is 7.57. The van der Waals surface area contributed by atoms with E-state index >= 15 is 0 Å². The van der Waals surface area contributed by atoms with E-state index in [0.717, 1.165) is 42.5 Å². The van der Waals surface area contributed by atoms with Crippen LogP contribution in [0.15, 0.2) is 30.3 Å². The standard InChI is InChI=1S/C21H23N3O/c1-13-22-18-9-16(12-25-2)17-7-8-21(24-19(17)20(18)23-13)10-14-5-3-4-6-15(14)11-21/h3-6,9,24H,7-8,10-12H2,1-2H3,(H,22,23). The maximum absolute atomic E-state index is 5.46. The van der Waals surface area contributed by atoms with Crippen LogP contribution in [0.2, 0.25) is 0 Å². The number of nitrogens with zero attached hydrogens (tertiary/aromatic N) is 1. The summed E-state index contributed by atoms with van der Waals surface area (Å²) in [6, 6.07) is 11.1. The summed E-state index contributed by atoms with van der Waals surface area (Å²) in [5, 5.41) is 3.94. The highest BCUT2D eigenvalue weighted by Crippen LogP contribution is 2.43. The lowest BCUT2D eigenvalue weighted by Gasteiger charge is -2.38. The Morgan fingerprint density at radius 3 is 2.68 bits per heavy atom. The Hall–Kier alpha value is -2.33. The van der Waals surface area contributed by atoms with Crippen molar-refractivity contribution in [3.05, 3.63) is 58.4 Å². The van der Waals surface area contributed by atoms with E-state index in [0.29, 0.717) is 6.61 Å². The molecule has 1 aliphatic carbocycles. The highest BCUT2D eigenvalue weighted by atomic mass is 16.5. The molecular weight excluding hydrogens is 310 g/mol. The van der Waals surface area contributed by atoms with Crippen LogP contribution in [0.4, 0.5) is 5.69 Å². The molecule has 128 valence electrons. The van der Waals surface area contributed by atoms with Crippen molar-refractivity contribution in [2.24, 2.45) is 0 Å². The van der Waals surface area contributed by atoms with Gasteiger partial charge in [-0.15, -0.1) is 0 Å². The fraction of sp³-hybridized carbons (Fsp3) is 0.381. The molecule has 25 heavy (non-hydrogen) atoms. The zero-order valence-electron chi connectivity index (χ0n) is 14.8. The van der Waals surface area contributed by atoms with E-state index in [1.165, 1.54) is 27.9 Å². The minimum Gasteiger partial charge on any atom is -0.380 e. The summed E-state index contributed by atoms with van der Waals surface area (Å²) in [5.41, 5.74) is 9.14. The van der Waals surface area contributed by atoms with Crippen LogP contribution in [0.25, 0.3) is 11.0 Å². The molecule has 5 rings (SSSR count). The predicted octanol–water partition coefficient (Wildman–Crippen LogP) is 3.91. The van der Waals surface area contributed by atoms with Gasteiger partial charge >= 0.3 is 0 Å². The van der Waals surface area contributed by atoms with Crippen molar-refractivity contribution in [2.45, 2.75) is 44.8 Å². The first-order chi connectivity index (χ1) is 12.2. The molecule has 4 nitrogen and oxygen atoms in total. The second kappa shape index (κ2) is 5.33. The highest BCUT2D eigenvalue weighted by Gasteiger charge is 2.40. The lowest BCUT2D eigenvalue weighted by atomic mass is 9.82. The molecule has 3 aromatic rings. The maximum atomic E-state index is 5.46. The van der Waals surface area contributed by atoms with Gasteiger partial charge in [0.2, 0.25) is 0 Å². The van der Waals surface area contributed by atoms with E-state index in [1.54, 1.807) is 7.11 Å². The van der Waals surface area contributed by atoms with Crippen LogP contribution in [0.3, 0.4) is 0 Å². The normalized spacial score (nSPS) is 17.5. The van der Waals surface area contributed by atoms with E-state index in [1.807, 2.05) is 6.92 Å². The molecule has 0 bridgehead atoms. The van der Waals surface area contributed by atoms with Gasteiger partial charge in [0.25, 0.3) is 0 Å². The van der Waals surface area contributed by atoms with Gasteiger partial charge in [0.15, 0.2) is 0 Å². The number of H-pyrrole nitrogens is 1. The van der Waals surface area contributed by atoms with Gasteiger partial charge in [-0.25, -0.2) is 4.98 Å². The molecule has 2 heterocycles. The molecule has 0 amide bonds. The van der Waals surface area contributed by atoms with E-state index in [-0.39, 0.29) is 5.54 Å². The summed E-state index contributed by atoms with van der Waals surface area (Å²) in [6.07, 6.45) is 4.43. The zero-order chi connectivity index (χ0) is 17.0. The predicted molar refractivity (Wildman–Crippen MR) is 100 cm³/mol. The van der Waals surface area contributed by atoms with Gasteiger partial charge in [-0.3, -0.25) is 0 Å². The number of aromatic nitrogens is 2. The quantitative estimate of drug-likeness (QED) is 0.747. The van der Waals surface area contributed by atoms with Crippen LogP contribution < -0.4 is 5.32 Å². The van der Waals surface area contributed by atoms with Crippen molar-refractivity contribution in [1.82, 2.24) is 9.97 Å². The van der Waals surface area contributed by atoms with E-state index in [9.17, 15) is 0 Å². The van der Waals surface area contributed by atoms with Crippen LogP contribution in [-0.4, -0.2) is 22.6 Å². The Bertz CT molecular complexity index is 948. The zero-order valence-corrected chi connectivity index (χ0v) is 14.8. The number of hydrogen-bond donors (Lipinski definition) is 2. The van der Waals surface area contributed by atoms with Crippen LogP contribution >= 0.6 is 0 Å². The third kappa shape index (κ3) is 2.28. The minimum atomic E-state index is 0.127. The SMILES string of the molecule is COCc1cc2[nH]c(C)nc2c2c1CCC1(Cc3ccccc3C1)N2. The van der Waals surface area contributed by atoms with Gasteiger partial charge < -0.3 is 15.0 Å². The summed E-state index contributed by atoms with van der Waals surface area (Å²) >= 11 is 0. The smallest absolute Gasteiger partial charge is 0.112 e. The van der Waals surface area contributed by atoms with Gasteiger partial charge in [-0.05, 0) is 60.9 Å². The number of ether oxygens (including phenoxy) is 1. The number of nitrogens with one attached hydrogen (secondary N) is 2. The monoisotopic (exact) mass is 333 g/mol. The molecule has 2 aliphatic rings. The van der Waals surface area contributed by atoms with Crippen LogP contribution in [0.5, 0.6) is 0 Å². The summed E-state index contributed by atoms with van der Waals surface area (Å²) in [4.78, 5) is 8.17. The molecule has 0 unspecified atom stereocenters. The van der Waals surface area contributed by atoms with Crippen molar-refractivity contribution in [3.63, 3.8) is 0 Å². The summed E-state index contributed by atoms with van der Waals surface area (Å²) < 4.78 is 5.46. The number of aryl methyl sites for hydroxylation is 1. The first-order valence-corrected chi connectivity index (χ1v) is 9.02. The topological polar surface area (TPSA) is 49.9 Å². The molecule has 0 saturated heterocycles. The summed E-state index contributed by atoms with van der Waals surface area (Å²) in [5.74, 6) is 0.961. The Kier molecular flexibility index (Phi) is 3.19. The Morgan fingerprint density at radius 2 is 1.96 bits per heavy atom. The molecule has 0 atom stereocenters. The summed E-state index contributed by atoms with van der Waals surface area (Å²) in [7, 11) is 1.76. The molecule has 0 radical (unpaired) electrons. The summed E-state index contributed by atoms with van der Waals surface area (Å²) in [6.45, 7) is 2.66. The Labute approximate surface area is 147 Å². The van der Waals surface area contributed by atoms with Crippen molar-refractivity contribution in [3.8, 4) is 0 Å². The average molecular weight is 333 g/mol. The van der Waals surface area contributed by atoms with Gasteiger partial charge in [0, 0.05) is 12.6 Å². The molecule has 1 aromatic heterocycles. The average Bonchev–Trinajstić information content (AvgIpc) is 3.14. The number of anilines is 1. The van der Waals surface area contributed by atoms with Crippen LogP contribution in [-0.2, 0) is 30.6 Å². The molecule has 4 heteroatoms. The number of hydrogen-bond acceptors (Lipinski definition) is 3. The van der Waals surface area contributed by atoms with E-state index in [4.69, 9.17) is 9.72 Å². The van der Waals surface area contributed by atoms with Crippen molar-refractivity contribution in [1.29, 1.82) is 0 Å². The molecule has 0 fully saturated rings. The lowest BCUT2D eigenvalue weighted by Crippen LogP contribution is -2.43. The number of aromatic amines is 1. The molecule has 1 aliphatic heterocycles. The molecule has 2 aromatic carbocycles. The highest BCUT2D eigenvalue weighted by molar-refractivity contribution is 5.92. The maximum Gasteiger partial charge on any atom is 0.112 e. The first kappa shape index (κ1) is 15.0. The largest absolute Gasteiger partial charge is 0.380 e. The fourth-order valence-electron chi connectivity index (χ4n) is 4.73. The van der Waals surface area contributed by atoms with E-state index < -0.39 is 0 Å². The Balaban J connectivity index is 1.62. The van der Waals surface area contributed by atoms with E-state index in [2.05, 4.69) is 40.6 Å². The lowest BCUT2D eigenvalue weighted by molar-refractivity contribution is 0.184. The minimum absolute atomic E-state index is 0.127. The van der Waals surface area contributed by atoms with Crippen LogP contribution in [0.1, 0.15) is 34.5 Å². The second-order valence-electron chi connectivity index (χ2n) is 7.57. The molecule has 1 spiro atoms. The number of methoxy groups -OCH3 is 1. The third-order valence-electron chi connectivity index (χ3n) is 5.81. The molecular formula is C21H23N3O. The number of fused-ring (bicyclic) bond motifs is 4. The van der Waals surface area contributed by atoms with Gasteiger partial charge in [-0.1, -0.05) is 24.3 Å². The number of benzene rings is 2. The fourth-order valence-corrected chi connectivity index (χ4v) is 4.73. The molecule has 2 N–H and O–H groups in total. The van der Waals surface area contributed by atoms with Crippen molar-refractivity contribution >= 4 is 16.7 Å². The van der Waals surface area contributed by atoms with Crippen molar-refractivity contribution in [2.75, 3.05) is 12.4 Å². The number of imidazole rings is 1. The Morgan fingerprint density at radius 1 is 1.20 bits per heavy atom. The number of rotatable bonds is 2. The van der Waals surface area contributed by atoms with Gasteiger partial charge in [0.05, 0.1) is 17.8 Å². The van der Waals surface area contributed by atoms with Crippen molar-refractivity contribution < 1.29 is 4.74 Å². The van der Waals surface area contributed by atoms with Crippen LogP contribution in [0, 0.1) is 6.92 Å².